The second-order valence-corrected chi connectivity index (χ2v) is 3.35. The van der Waals surface area contributed by atoms with E-state index in [0.717, 1.165) is 18.8 Å². The minimum Gasteiger partial charge on any atom is -0.358 e. The van der Waals surface area contributed by atoms with Crippen LogP contribution < -0.4 is 0 Å². The lowest BCUT2D eigenvalue weighted by Crippen LogP contribution is -2.25. The van der Waals surface area contributed by atoms with Gasteiger partial charge in [-0.1, -0.05) is 71.4 Å². The van der Waals surface area contributed by atoms with Gasteiger partial charge in [0.05, 0.1) is 0 Å². The Kier molecular flexibility index (Phi) is 14.8. The topological polar surface area (TPSA) is 15.6 Å². The van der Waals surface area contributed by atoms with Gasteiger partial charge in [0.15, 0.2) is 0 Å². The molecule has 106 valence electrons. The molecule has 0 aliphatic rings. The van der Waals surface area contributed by atoms with Crippen LogP contribution in [-0.2, 0) is 6.54 Å². The van der Waals surface area contributed by atoms with E-state index in [1.165, 1.54) is 5.56 Å². The lowest BCUT2D eigenvalue weighted by molar-refractivity contribution is 0.491. The van der Waals surface area contributed by atoms with E-state index in [1.54, 1.807) is 0 Å². The first-order valence-corrected chi connectivity index (χ1v) is 7.05. The van der Waals surface area contributed by atoms with Gasteiger partial charge >= 0.3 is 0 Å². The van der Waals surface area contributed by atoms with Crippen LogP contribution in [0.5, 0.6) is 0 Å². The van der Waals surface area contributed by atoms with Gasteiger partial charge in [-0.2, -0.15) is 4.99 Å². The van der Waals surface area contributed by atoms with E-state index in [1.807, 2.05) is 52.9 Å². The highest BCUT2D eigenvalue weighted by Gasteiger charge is 2.03. The molecule has 1 aromatic carbocycles. The molecule has 0 unspecified atom stereocenters. The zero-order valence-corrected chi connectivity index (χ0v) is 13.3. The summed E-state index contributed by atoms with van der Waals surface area (Å²) < 4.78 is 0. The van der Waals surface area contributed by atoms with Crippen molar-refractivity contribution < 1.29 is 0 Å². The van der Waals surface area contributed by atoms with Gasteiger partial charge in [-0.05, 0) is 5.56 Å². The van der Waals surface area contributed by atoms with Gasteiger partial charge in [-0.3, -0.25) is 0 Å². The van der Waals surface area contributed by atoms with Crippen molar-refractivity contribution in [3.8, 4) is 12.5 Å². The number of rotatable bonds is 3. The Labute approximate surface area is 119 Å². The predicted molar refractivity (Wildman–Crippen MR) is 87.2 cm³/mol. The maximum atomic E-state index is 5.17. The minimum atomic E-state index is 0.842. The summed E-state index contributed by atoms with van der Waals surface area (Å²) in [4.78, 5) is 6.09. The second-order valence-electron chi connectivity index (χ2n) is 3.35. The summed E-state index contributed by atoms with van der Waals surface area (Å²) in [5, 5.41) is 0. The van der Waals surface area contributed by atoms with E-state index in [4.69, 9.17) is 6.42 Å². The predicted octanol–water partition coefficient (Wildman–Crippen LogP) is 4.57. The van der Waals surface area contributed by atoms with Crippen molar-refractivity contribution in [2.75, 3.05) is 7.05 Å². The fraction of sp³-hybridized carbons (Fsp3) is 0.471. The Balaban J connectivity index is 0. The van der Waals surface area contributed by atoms with Crippen LogP contribution >= 0.6 is 0 Å². The maximum absolute atomic E-state index is 5.17. The maximum Gasteiger partial charge on any atom is 0.115 e. The normalized spacial score (nSPS) is 9.21. The molecule has 0 spiro atoms. The van der Waals surface area contributed by atoms with Crippen LogP contribution in [0.15, 0.2) is 35.3 Å². The number of benzene rings is 1. The van der Waals surface area contributed by atoms with E-state index in [9.17, 15) is 0 Å². The summed E-state index contributed by atoms with van der Waals surface area (Å²) in [6, 6.07) is 12.6. The Morgan fingerprint density at radius 3 is 2.11 bits per heavy atom. The molecule has 2 heteroatoms. The molecule has 0 saturated carbocycles. The van der Waals surface area contributed by atoms with Crippen LogP contribution in [-0.4, -0.2) is 17.8 Å². The molecule has 2 nitrogen and oxygen atoms in total. The second kappa shape index (κ2) is 14.3. The lowest BCUT2D eigenvalue weighted by Gasteiger charge is -2.19. The quantitative estimate of drug-likeness (QED) is 0.441. The molecule has 0 fully saturated rings. The summed E-state index contributed by atoms with van der Waals surface area (Å²) in [5.41, 5.74) is 1.26. The molecule has 19 heavy (non-hydrogen) atoms. The Morgan fingerprint density at radius 1 is 1.16 bits per heavy atom. The molecule has 0 amide bonds. The van der Waals surface area contributed by atoms with E-state index in [0.29, 0.717) is 0 Å². The summed E-state index contributed by atoms with van der Waals surface area (Å²) in [6.45, 7) is 10.9. The molecule has 0 bridgehead atoms. The fourth-order valence-electron chi connectivity index (χ4n) is 1.46. The number of aliphatic imine (C=N–C) groups is 1. The van der Waals surface area contributed by atoms with Gasteiger partial charge in [0.25, 0.3) is 0 Å². The molecule has 0 atom stereocenters. The molecule has 0 aliphatic carbocycles. The Bertz CT molecular complexity index is 361. The number of nitrogens with zero attached hydrogens (tertiary/aromatic N) is 2. The van der Waals surface area contributed by atoms with E-state index < -0.39 is 0 Å². The highest BCUT2D eigenvalue weighted by atomic mass is 15.2. The first kappa shape index (κ1) is 19.6. The van der Waals surface area contributed by atoms with Crippen molar-refractivity contribution in [1.29, 1.82) is 0 Å². The molecular formula is C17H28N2. The summed E-state index contributed by atoms with van der Waals surface area (Å²) in [6.07, 6.45) is 6.03. The van der Waals surface area contributed by atoms with E-state index in [2.05, 4.69) is 35.0 Å². The average molecular weight is 260 g/mol. The van der Waals surface area contributed by atoms with Crippen LogP contribution in [0.1, 0.15) is 46.6 Å². The molecule has 0 aromatic heterocycles. The SMILES string of the molecule is C#CN=C(CC)N(C)Cc1ccccc1.CC.CC. The van der Waals surface area contributed by atoms with Crippen LogP contribution in [0.3, 0.4) is 0 Å². The van der Waals surface area contributed by atoms with E-state index >= 15 is 0 Å². The average Bonchev–Trinajstić information content (AvgIpc) is 2.49. The zero-order chi connectivity index (χ0) is 15.1. The first-order valence-electron chi connectivity index (χ1n) is 7.05. The highest BCUT2D eigenvalue weighted by Crippen LogP contribution is 2.04. The smallest absolute Gasteiger partial charge is 0.115 e. The third-order valence-electron chi connectivity index (χ3n) is 2.21. The van der Waals surface area contributed by atoms with Gasteiger partial charge in [0.1, 0.15) is 5.84 Å². The van der Waals surface area contributed by atoms with Crippen molar-refractivity contribution in [3.05, 3.63) is 35.9 Å². The number of hydrogen-bond acceptors (Lipinski definition) is 1. The van der Waals surface area contributed by atoms with Crippen LogP contribution in [0.2, 0.25) is 0 Å². The number of hydrogen-bond donors (Lipinski definition) is 0. The molecule has 0 N–H and O–H groups in total. The molecule has 0 radical (unpaired) electrons. The van der Waals surface area contributed by atoms with E-state index in [-0.39, 0.29) is 0 Å². The Morgan fingerprint density at radius 2 is 1.68 bits per heavy atom. The molecule has 1 aromatic rings. The summed E-state index contributed by atoms with van der Waals surface area (Å²) in [5.74, 6) is 0.946. The largest absolute Gasteiger partial charge is 0.358 e. The highest BCUT2D eigenvalue weighted by molar-refractivity contribution is 5.82. The van der Waals surface area contributed by atoms with Crippen molar-refractivity contribution >= 4 is 5.84 Å². The van der Waals surface area contributed by atoms with Gasteiger partial charge in [-0.15, -0.1) is 0 Å². The summed E-state index contributed by atoms with van der Waals surface area (Å²) >= 11 is 0. The van der Waals surface area contributed by atoms with Crippen LogP contribution in [0.4, 0.5) is 0 Å². The number of terminal acetylenes is 1. The van der Waals surface area contributed by atoms with Crippen molar-refractivity contribution in [2.24, 2.45) is 4.99 Å². The van der Waals surface area contributed by atoms with Crippen LogP contribution in [0.25, 0.3) is 0 Å². The number of amidine groups is 1. The zero-order valence-electron chi connectivity index (χ0n) is 13.3. The third kappa shape index (κ3) is 8.90. The first-order chi connectivity index (χ1) is 9.27. The van der Waals surface area contributed by atoms with Crippen LogP contribution in [0, 0.1) is 12.5 Å². The molecule has 1 rings (SSSR count). The Hall–Kier alpha value is -1.75. The van der Waals surface area contributed by atoms with Gasteiger partial charge in [0, 0.05) is 26.1 Å². The van der Waals surface area contributed by atoms with Crippen molar-refractivity contribution in [2.45, 2.75) is 47.6 Å². The van der Waals surface area contributed by atoms with Crippen molar-refractivity contribution in [3.63, 3.8) is 0 Å². The standard InChI is InChI=1S/C13H16N2.2C2H6/c1-4-13(14-5-2)15(3)11-12-9-7-6-8-10-12;2*1-2/h2,6-10H,4,11H2,1,3H3;2*1-2H3. The molecular weight excluding hydrogens is 232 g/mol. The third-order valence-corrected chi connectivity index (χ3v) is 2.21. The molecule has 0 saturated heterocycles. The monoisotopic (exact) mass is 260 g/mol. The lowest BCUT2D eigenvalue weighted by atomic mass is 10.2. The summed E-state index contributed by atoms with van der Waals surface area (Å²) in [7, 11) is 2.01. The fourth-order valence-corrected chi connectivity index (χ4v) is 1.46. The van der Waals surface area contributed by atoms with Gasteiger partial charge in [-0.25, -0.2) is 0 Å². The minimum absolute atomic E-state index is 0.842. The molecule has 0 aliphatic heterocycles. The molecule has 0 heterocycles. The van der Waals surface area contributed by atoms with Crippen molar-refractivity contribution in [1.82, 2.24) is 4.90 Å². The van der Waals surface area contributed by atoms with Gasteiger partial charge < -0.3 is 4.90 Å². The van der Waals surface area contributed by atoms with Gasteiger partial charge in [0.2, 0.25) is 0 Å².